The van der Waals surface area contributed by atoms with Crippen LogP contribution >= 0.6 is 0 Å². The Morgan fingerprint density at radius 3 is 2.33 bits per heavy atom. The minimum atomic E-state index is -0.00595. The van der Waals surface area contributed by atoms with Crippen LogP contribution in [0.25, 0.3) is 0 Å². The summed E-state index contributed by atoms with van der Waals surface area (Å²) in [6.07, 6.45) is 8.01. The lowest BCUT2D eigenvalue weighted by Crippen LogP contribution is -2.42. The van der Waals surface area contributed by atoms with Gasteiger partial charge in [-0.1, -0.05) is 19.3 Å². The van der Waals surface area contributed by atoms with Gasteiger partial charge >= 0.3 is 0 Å². The smallest absolute Gasteiger partial charge is 0.0871 e. The molecule has 70 valence electrons. The number of nitrogens with two attached hydrogens (primary N) is 1. The van der Waals surface area contributed by atoms with Gasteiger partial charge in [-0.05, 0) is 38.0 Å². The number of fused-ring (bicyclic) bond motifs is 2. The molecule has 12 heavy (non-hydrogen) atoms. The summed E-state index contributed by atoms with van der Waals surface area (Å²) in [4.78, 5) is 5.12. The Balaban J connectivity index is 2.05. The molecule has 2 N–H and O–H groups in total. The summed E-state index contributed by atoms with van der Waals surface area (Å²) in [6.45, 7) is 2.16. The monoisotopic (exact) mass is 169 g/mol. The van der Waals surface area contributed by atoms with Crippen molar-refractivity contribution in [2.24, 2.45) is 17.7 Å². The largest absolute Gasteiger partial charge is 0.298 e. The van der Waals surface area contributed by atoms with Crippen molar-refractivity contribution in [3.63, 3.8) is 0 Å². The molecule has 2 rings (SSSR count). The van der Waals surface area contributed by atoms with Crippen LogP contribution in [0, 0.1) is 11.8 Å². The molecule has 2 bridgehead atoms. The first kappa shape index (κ1) is 8.52. The van der Waals surface area contributed by atoms with E-state index in [0.717, 1.165) is 11.8 Å². The first-order valence-corrected chi connectivity index (χ1v) is 5.10. The molecule has 2 heteroatoms. The van der Waals surface area contributed by atoms with Gasteiger partial charge in [0.2, 0.25) is 0 Å². The van der Waals surface area contributed by atoms with Crippen molar-refractivity contribution < 1.29 is 4.84 Å². The topological polar surface area (TPSA) is 35.2 Å². The van der Waals surface area contributed by atoms with Gasteiger partial charge in [-0.2, -0.15) is 0 Å². The predicted molar refractivity (Wildman–Crippen MR) is 48.4 cm³/mol. The van der Waals surface area contributed by atoms with E-state index in [0.29, 0.717) is 0 Å². The summed E-state index contributed by atoms with van der Waals surface area (Å²) in [5, 5.41) is 0. The molecule has 0 aromatic carbocycles. The molecule has 0 aromatic heterocycles. The fourth-order valence-electron chi connectivity index (χ4n) is 3.17. The second-order valence-electron chi connectivity index (χ2n) is 4.87. The van der Waals surface area contributed by atoms with Crippen LogP contribution in [-0.4, -0.2) is 5.60 Å². The van der Waals surface area contributed by atoms with Crippen LogP contribution < -0.4 is 5.90 Å². The van der Waals surface area contributed by atoms with Gasteiger partial charge < -0.3 is 0 Å². The van der Waals surface area contributed by atoms with Crippen LogP contribution in [0.2, 0.25) is 0 Å². The molecular formula is C10H19NO. The van der Waals surface area contributed by atoms with Crippen LogP contribution in [0.1, 0.15) is 45.4 Å². The summed E-state index contributed by atoms with van der Waals surface area (Å²) < 4.78 is 0. The van der Waals surface area contributed by atoms with E-state index in [9.17, 15) is 0 Å². The SMILES string of the molecule is CC1(ON)CC2CCCC(C2)C1. The molecule has 0 spiro atoms. The highest BCUT2D eigenvalue weighted by molar-refractivity contribution is 4.90. The van der Waals surface area contributed by atoms with Crippen molar-refractivity contribution in [1.29, 1.82) is 0 Å². The Labute approximate surface area is 74.4 Å². The minimum Gasteiger partial charge on any atom is -0.298 e. The highest BCUT2D eigenvalue weighted by atomic mass is 16.6. The zero-order valence-electron chi connectivity index (χ0n) is 7.88. The fraction of sp³-hybridized carbons (Fsp3) is 1.00. The molecule has 0 aliphatic heterocycles. The third-order valence-electron chi connectivity index (χ3n) is 3.62. The molecule has 0 aromatic rings. The lowest BCUT2D eigenvalue weighted by molar-refractivity contribution is -0.0960. The Bertz CT molecular complexity index is 157. The van der Waals surface area contributed by atoms with Gasteiger partial charge in [0.1, 0.15) is 0 Å². The third kappa shape index (κ3) is 1.50. The highest BCUT2D eigenvalue weighted by Crippen LogP contribution is 2.45. The van der Waals surface area contributed by atoms with Gasteiger partial charge in [0.15, 0.2) is 0 Å². The quantitative estimate of drug-likeness (QED) is 0.611. The zero-order chi connectivity index (χ0) is 8.60. The second kappa shape index (κ2) is 3.00. The van der Waals surface area contributed by atoms with Gasteiger partial charge in [0, 0.05) is 0 Å². The minimum absolute atomic E-state index is 0.00595. The average Bonchev–Trinajstić information content (AvgIpc) is 2.03. The van der Waals surface area contributed by atoms with E-state index in [1.807, 2.05) is 0 Å². The predicted octanol–water partition coefficient (Wildman–Crippen LogP) is 2.24. The maximum atomic E-state index is 5.34. The summed E-state index contributed by atoms with van der Waals surface area (Å²) >= 11 is 0. The van der Waals surface area contributed by atoms with Crippen molar-refractivity contribution in [3.05, 3.63) is 0 Å². The lowest BCUT2D eigenvalue weighted by Gasteiger charge is -2.43. The molecule has 2 saturated carbocycles. The number of hydrogen-bond acceptors (Lipinski definition) is 2. The molecule has 0 amide bonds. The maximum Gasteiger partial charge on any atom is 0.0871 e. The molecule has 2 atom stereocenters. The van der Waals surface area contributed by atoms with E-state index >= 15 is 0 Å². The molecule has 2 fully saturated rings. The Hall–Kier alpha value is -0.0800. The molecule has 2 unspecified atom stereocenters. The van der Waals surface area contributed by atoms with Gasteiger partial charge in [-0.3, -0.25) is 4.84 Å². The van der Waals surface area contributed by atoms with Crippen molar-refractivity contribution in [3.8, 4) is 0 Å². The van der Waals surface area contributed by atoms with Crippen LogP contribution in [0.15, 0.2) is 0 Å². The van der Waals surface area contributed by atoms with Gasteiger partial charge in [-0.25, -0.2) is 5.90 Å². The van der Waals surface area contributed by atoms with Crippen LogP contribution in [0.5, 0.6) is 0 Å². The van der Waals surface area contributed by atoms with Gasteiger partial charge in [-0.15, -0.1) is 0 Å². The van der Waals surface area contributed by atoms with Gasteiger partial charge in [0.25, 0.3) is 0 Å². The first-order chi connectivity index (χ1) is 5.72. The van der Waals surface area contributed by atoms with Crippen LogP contribution in [-0.2, 0) is 4.84 Å². The zero-order valence-corrected chi connectivity index (χ0v) is 7.88. The molecule has 0 radical (unpaired) electrons. The maximum absolute atomic E-state index is 5.34. The van der Waals surface area contributed by atoms with Crippen LogP contribution in [0.4, 0.5) is 0 Å². The van der Waals surface area contributed by atoms with Crippen molar-refractivity contribution in [2.75, 3.05) is 0 Å². The van der Waals surface area contributed by atoms with E-state index in [2.05, 4.69) is 6.92 Å². The Morgan fingerprint density at radius 2 is 1.83 bits per heavy atom. The third-order valence-corrected chi connectivity index (χ3v) is 3.62. The summed E-state index contributed by atoms with van der Waals surface area (Å²) in [5.41, 5.74) is -0.00595. The fourth-order valence-corrected chi connectivity index (χ4v) is 3.17. The van der Waals surface area contributed by atoms with E-state index in [1.165, 1.54) is 38.5 Å². The van der Waals surface area contributed by atoms with E-state index in [-0.39, 0.29) is 5.60 Å². The molecule has 0 saturated heterocycles. The molecule has 2 aliphatic rings. The standard InChI is InChI=1S/C10H19NO/c1-10(12-11)6-8-3-2-4-9(5-8)7-10/h8-9H,2-7,11H2,1H3. The number of hydrogen-bond donors (Lipinski definition) is 1. The molecule has 0 heterocycles. The van der Waals surface area contributed by atoms with E-state index < -0.39 is 0 Å². The van der Waals surface area contributed by atoms with Crippen molar-refractivity contribution in [1.82, 2.24) is 0 Å². The highest BCUT2D eigenvalue weighted by Gasteiger charge is 2.39. The van der Waals surface area contributed by atoms with Crippen molar-refractivity contribution in [2.45, 2.75) is 51.0 Å². The Kier molecular flexibility index (Phi) is 2.13. The second-order valence-corrected chi connectivity index (χ2v) is 4.87. The molecule has 2 aliphatic carbocycles. The number of rotatable bonds is 1. The summed E-state index contributed by atoms with van der Waals surface area (Å²) in [5.74, 6) is 7.13. The normalized spacial score (nSPS) is 47.5. The summed E-state index contributed by atoms with van der Waals surface area (Å²) in [7, 11) is 0. The van der Waals surface area contributed by atoms with E-state index in [4.69, 9.17) is 10.7 Å². The molecular weight excluding hydrogens is 150 g/mol. The van der Waals surface area contributed by atoms with Crippen molar-refractivity contribution >= 4 is 0 Å². The average molecular weight is 169 g/mol. The summed E-state index contributed by atoms with van der Waals surface area (Å²) in [6, 6.07) is 0. The molecule has 2 nitrogen and oxygen atoms in total. The Morgan fingerprint density at radius 1 is 1.25 bits per heavy atom. The van der Waals surface area contributed by atoms with Crippen LogP contribution in [0.3, 0.4) is 0 Å². The van der Waals surface area contributed by atoms with Gasteiger partial charge in [0.05, 0.1) is 5.60 Å². The lowest BCUT2D eigenvalue weighted by atomic mass is 9.67. The van der Waals surface area contributed by atoms with E-state index in [1.54, 1.807) is 0 Å². The first-order valence-electron chi connectivity index (χ1n) is 5.10.